The van der Waals surface area contributed by atoms with Gasteiger partial charge in [0.15, 0.2) is 0 Å². The third-order valence-electron chi connectivity index (χ3n) is 3.01. The zero-order valence-electron chi connectivity index (χ0n) is 12.5. The molecule has 2 aromatic heterocycles. The summed E-state index contributed by atoms with van der Waals surface area (Å²) in [4.78, 5) is 17.8. The second-order valence-electron chi connectivity index (χ2n) is 4.81. The van der Waals surface area contributed by atoms with E-state index in [9.17, 15) is 4.79 Å². The molecule has 0 radical (unpaired) electrons. The van der Waals surface area contributed by atoms with E-state index in [1.54, 1.807) is 30.2 Å². The number of carbonyl (C=O) groups excluding carboxylic acids is 1. The molecular formula is C15H19ClN4O2. The normalized spacial score (nSPS) is 10.9. The molecule has 118 valence electrons. The largest absolute Gasteiger partial charge is 0.466 e. The smallest absolute Gasteiger partial charge is 0.307 e. The van der Waals surface area contributed by atoms with E-state index in [-0.39, 0.29) is 5.97 Å². The van der Waals surface area contributed by atoms with Crippen molar-refractivity contribution in [2.45, 2.75) is 26.6 Å². The Bertz CT molecular complexity index is 588. The minimum Gasteiger partial charge on any atom is -0.466 e. The number of pyridine rings is 1. The number of aromatic nitrogens is 3. The lowest BCUT2D eigenvalue weighted by Crippen LogP contribution is -2.29. The van der Waals surface area contributed by atoms with Crippen molar-refractivity contribution >= 4 is 17.6 Å². The Hall–Kier alpha value is -1.92. The van der Waals surface area contributed by atoms with E-state index < -0.39 is 0 Å². The third kappa shape index (κ3) is 5.46. The molecule has 0 saturated carbocycles. The fraction of sp³-hybridized carbons (Fsp3) is 0.400. The summed E-state index contributed by atoms with van der Waals surface area (Å²) in [5.41, 5.74) is 1.07. The number of esters is 1. The molecule has 7 heteroatoms. The van der Waals surface area contributed by atoms with Gasteiger partial charge in [-0.1, -0.05) is 17.7 Å². The van der Waals surface area contributed by atoms with Crippen molar-refractivity contribution < 1.29 is 9.53 Å². The average molecular weight is 323 g/mol. The van der Waals surface area contributed by atoms with Crippen molar-refractivity contribution in [2.24, 2.45) is 0 Å². The predicted molar refractivity (Wildman–Crippen MR) is 83.1 cm³/mol. The van der Waals surface area contributed by atoms with Crippen LogP contribution in [0.1, 0.15) is 18.9 Å². The van der Waals surface area contributed by atoms with Gasteiger partial charge in [-0.25, -0.2) is 0 Å². The van der Waals surface area contributed by atoms with E-state index >= 15 is 0 Å². The highest BCUT2D eigenvalue weighted by molar-refractivity contribution is 6.30. The van der Waals surface area contributed by atoms with Gasteiger partial charge in [0, 0.05) is 31.7 Å². The molecule has 0 spiro atoms. The monoisotopic (exact) mass is 322 g/mol. The second kappa shape index (κ2) is 8.51. The van der Waals surface area contributed by atoms with Crippen LogP contribution >= 0.6 is 11.6 Å². The molecule has 0 amide bonds. The van der Waals surface area contributed by atoms with Gasteiger partial charge in [0.1, 0.15) is 0 Å². The van der Waals surface area contributed by atoms with Gasteiger partial charge >= 0.3 is 5.97 Å². The third-order valence-corrected chi connectivity index (χ3v) is 3.21. The molecule has 2 heterocycles. The summed E-state index contributed by atoms with van der Waals surface area (Å²) in [5.74, 6) is -0.197. The van der Waals surface area contributed by atoms with Crippen LogP contribution in [-0.2, 0) is 22.7 Å². The van der Waals surface area contributed by atoms with Crippen LogP contribution < -0.4 is 0 Å². The summed E-state index contributed by atoms with van der Waals surface area (Å²) in [6.45, 7) is 3.99. The lowest BCUT2D eigenvalue weighted by molar-refractivity contribution is -0.143. The highest BCUT2D eigenvalue weighted by atomic mass is 35.5. The van der Waals surface area contributed by atoms with Crippen LogP contribution in [0.3, 0.4) is 0 Å². The maximum Gasteiger partial charge on any atom is 0.307 e. The van der Waals surface area contributed by atoms with Crippen molar-refractivity contribution in [3.05, 3.63) is 47.5 Å². The van der Waals surface area contributed by atoms with Crippen LogP contribution in [0, 0.1) is 0 Å². The van der Waals surface area contributed by atoms with Crippen LogP contribution in [-0.4, -0.2) is 38.8 Å². The lowest BCUT2D eigenvalue weighted by Gasteiger charge is -2.21. The molecule has 0 unspecified atom stereocenters. The van der Waals surface area contributed by atoms with E-state index in [0.29, 0.717) is 37.8 Å². The number of carbonyl (C=O) groups is 1. The number of ether oxygens (including phenoxy) is 1. The first-order valence-electron chi connectivity index (χ1n) is 7.12. The molecule has 0 aliphatic rings. The van der Waals surface area contributed by atoms with E-state index in [4.69, 9.17) is 16.3 Å². The molecule has 0 aromatic carbocycles. The van der Waals surface area contributed by atoms with E-state index in [1.807, 2.05) is 18.3 Å². The highest BCUT2D eigenvalue weighted by Gasteiger charge is 2.11. The molecule has 0 atom stereocenters. The number of nitrogens with zero attached hydrogens (tertiary/aromatic N) is 4. The summed E-state index contributed by atoms with van der Waals surface area (Å²) >= 11 is 5.89. The van der Waals surface area contributed by atoms with Gasteiger partial charge in [0.05, 0.1) is 30.9 Å². The van der Waals surface area contributed by atoms with Gasteiger partial charge in [-0.3, -0.25) is 19.4 Å². The SMILES string of the molecule is CCOC(=O)CCN(Cc1cccnc1)Cn1cc(Cl)cn1. The van der Waals surface area contributed by atoms with Crippen molar-refractivity contribution in [2.75, 3.05) is 13.2 Å². The van der Waals surface area contributed by atoms with Crippen molar-refractivity contribution in [3.63, 3.8) is 0 Å². The zero-order chi connectivity index (χ0) is 15.8. The molecule has 0 bridgehead atoms. The van der Waals surface area contributed by atoms with Crippen molar-refractivity contribution in [3.8, 4) is 0 Å². The first-order valence-corrected chi connectivity index (χ1v) is 7.50. The fourth-order valence-corrected chi connectivity index (χ4v) is 2.21. The van der Waals surface area contributed by atoms with Gasteiger partial charge in [0.25, 0.3) is 0 Å². The molecule has 0 aliphatic heterocycles. The van der Waals surface area contributed by atoms with Crippen LogP contribution in [0.5, 0.6) is 0 Å². The Morgan fingerprint density at radius 3 is 2.95 bits per heavy atom. The molecule has 0 fully saturated rings. The number of hydrogen-bond donors (Lipinski definition) is 0. The van der Waals surface area contributed by atoms with Gasteiger partial charge in [-0.05, 0) is 18.6 Å². The molecule has 0 N–H and O–H groups in total. The predicted octanol–water partition coefficient (Wildman–Crippen LogP) is 2.34. The minimum atomic E-state index is -0.197. The summed E-state index contributed by atoms with van der Waals surface area (Å²) < 4.78 is 6.72. The highest BCUT2D eigenvalue weighted by Crippen LogP contribution is 2.09. The molecule has 0 saturated heterocycles. The topological polar surface area (TPSA) is 60.2 Å². The maximum absolute atomic E-state index is 11.6. The molecular weight excluding hydrogens is 304 g/mol. The Balaban J connectivity index is 1.98. The number of rotatable bonds is 8. The molecule has 2 aromatic rings. The zero-order valence-corrected chi connectivity index (χ0v) is 13.2. The maximum atomic E-state index is 11.6. The standard InChI is InChI=1S/C15H19ClN4O2/c1-2-22-15(21)5-7-19(10-13-4-3-6-17-8-13)12-20-11-14(16)9-18-20/h3-4,6,8-9,11H,2,5,7,10,12H2,1H3. The van der Waals surface area contributed by atoms with E-state index in [2.05, 4.69) is 15.0 Å². The number of halogens is 1. The number of hydrogen-bond acceptors (Lipinski definition) is 5. The summed E-state index contributed by atoms with van der Waals surface area (Å²) in [6.07, 6.45) is 7.23. The Morgan fingerprint density at radius 1 is 1.45 bits per heavy atom. The quantitative estimate of drug-likeness (QED) is 0.698. The Labute approximate surface area is 134 Å². The van der Waals surface area contributed by atoms with Gasteiger partial charge in [-0.2, -0.15) is 5.10 Å². The Kier molecular flexibility index (Phi) is 6.36. The van der Waals surface area contributed by atoms with E-state index in [0.717, 1.165) is 5.56 Å². The van der Waals surface area contributed by atoms with Crippen molar-refractivity contribution in [1.82, 2.24) is 19.7 Å². The Morgan fingerprint density at radius 2 is 2.32 bits per heavy atom. The first-order chi connectivity index (χ1) is 10.7. The van der Waals surface area contributed by atoms with Gasteiger partial charge < -0.3 is 4.74 Å². The minimum absolute atomic E-state index is 0.197. The van der Waals surface area contributed by atoms with Crippen LogP contribution in [0.15, 0.2) is 36.9 Å². The molecule has 6 nitrogen and oxygen atoms in total. The average Bonchev–Trinajstić information content (AvgIpc) is 2.91. The summed E-state index contributed by atoms with van der Waals surface area (Å²) in [5, 5.41) is 4.76. The molecule has 0 aliphatic carbocycles. The molecule has 22 heavy (non-hydrogen) atoms. The fourth-order valence-electron chi connectivity index (χ4n) is 2.05. The van der Waals surface area contributed by atoms with Crippen LogP contribution in [0.25, 0.3) is 0 Å². The second-order valence-corrected chi connectivity index (χ2v) is 5.24. The molecule has 2 rings (SSSR count). The lowest BCUT2D eigenvalue weighted by atomic mass is 10.2. The van der Waals surface area contributed by atoms with Gasteiger partial charge in [-0.15, -0.1) is 0 Å². The van der Waals surface area contributed by atoms with Crippen LogP contribution in [0.2, 0.25) is 5.02 Å². The van der Waals surface area contributed by atoms with Gasteiger partial charge in [0.2, 0.25) is 0 Å². The van der Waals surface area contributed by atoms with Crippen molar-refractivity contribution in [1.29, 1.82) is 0 Å². The summed E-state index contributed by atoms with van der Waals surface area (Å²) in [7, 11) is 0. The summed E-state index contributed by atoms with van der Waals surface area (Å²) in [6, 6.07) is 3.89. The van der Waals surface area contributed by atoms with E-state index in [1.165, 1.54) is 0 Å². The van der Waals surface area contributed by atoms with Crippen LogP contribution in [0.4, 0.5) is 0 Å². The first kappa shape index (κ1) is 16.5.